The number of benzene rings is 1. The topological polar surface area (TPSA) is 92.7 Å². The van der Waals surface area contributed by atoms with Crippen molar-refractivity contribution in [3.8, 4) is 0 Å². The zero-order chi connectivity index (χ0) is 12.0. The second kappa shape index (κ2) is 3.29. The number of nitrogens with one attached hydrogen (secondary N) is 1. The van der Waals surface area contributed by atoms with Crippen molar-refractivity contribution in [2.24, 2.45) is 4.40 Å². The highest BCUT2D eigenvalue weighted by atomic mass is 32.2. The molecule has 86 valence electrons. The molecule has 0 spiro atoms. The number of hydrogen-bond donors (Lipinski definition) is 1. The summed E-state index contributed by atoms with van der Waals surface area (Å²) < 4.78 is 48.9. The van der Waals surface area contributed by atoms with E-state index in [-0.39, 0.29) is 9.79 Å². The van der Waals surface area contributed by atoms with E-state index in [1.807, 2.05) is 0 Å². The maximum atomic E-state index is 11.5. The predicted octanol–water partition coefficient (Wildman–Crippen LogP) is 0.233. The third-order valence-electron chi connectivity index (χ3n) is 2.07. The van der Waals surface area contributed by atoms with E-state index >= 15 is 0 Å². The van der Waals surface area contributed by atoms with Gasteiger partial charge in [-0.25, -0.2) is 8.42 Å². The molecule has 1 aromatic carbocycles. The fourth-order valence-corrected chi connectivity index (χ4v) is 3.00. The summed E-state index contributed by atoms with van der Waals surface area (Å²) in [6, 6.07) is 3.84. The SMILES string of the molecule is CS(=O)(=O)c1ccc2c(c1)S(=O)(=O)N=CN2. The Hall–Kier alpha value is -1.41. The van der Waals surface area contributed by atoms with Gasteiger partial charge in [0.15, 0.2) is 9.84 Å². The summed E-state index contributed by atoms with van der Waals surface area (Å²) in [5, 5.41) is 2.63. The molecule has 8 heteroatoms. The molecule has 1 aromatic rings. The van der Waals surface area contributed by atoms with Crippen LogP contribution in [-0.4, -0.2) is 29.4 Å². The van der Waals surface area contributed by atoms with E-state index in [9.17, 15) is 16.8 Å². The van der Waals surface area contributed by atoms with Crippen molar-refractivity contribution in [3.05, 3.63) is 18.2 Å². The Bertz CT molecular complexity index is 674. The van der Waals surface area contributed by atoms with Crippen LogP contribution in [0.1, 0.15) is 0 Å². The summed E-state index contributed by atoms with van der Waals surface area (Å²) in [5.41, 5.74) is 0.322. The molecule has 0 saturated heterocycles. The lowest BCUT2D eigenvalue weighted by atomic mass is 10.3. The van der Waals surface area contributed by atoms with Crippen molar-refractivity contribution < 1.29 is 16.8 Å². The summed E-state index contributed by atoms with van der Waals surface area (Å²) in [5.74, 6) is 0. The van der Waals surface area contributed by atoms with Crippen molar-refractivity contribution in [2.75, 3.05) is 11.6 Å². The van der Waals surface area contributed by atoms with Crippen LogP contribution in [0.2, 0.25) is 0 Å². The first-order valence-corrected chi connectivity index (χ1v) is 7.53. The molecular formula is C8H8N2O4S2. The molecule has 1 aliphatic heterocycles. The number of fused-ring (bicyclic) bond motifs is 1. The fourth-order valence-electron chi connectivity index (χ4n) is 1.29. The van der Waals surface area contributed by atoms with E-state index in [4.69, 9.17) is 0 Å². The third-order valence-corrected chi connectivity index (χ3v) is 4.46. The maximum absolute atomic E-state index is 11.5. The highest BCUT2D eigenvalue weighted by Gasteiger charge is 2.22. The van der Waals surface area contributed by atoms with Crippen LogP contribution < -0.4 is 5.32 Å². The van der Waals surface area contributed by atoms with Crippen LogP contribution in [0.5, 0.6) is 0 Å². The van der Waals surface area contributed by atoms with Crippen LogP contribution in [0.25, 0.3) is 0 Å². The minimum atomic E-state index is -3.78. The van der Waals surface area contributed by atoms with Crippen LogP contribution in [0.4, 0.5) is 5.69 Å². The quantitative estimate of drug-likeness (QED) is 0.780. The van der Waals surface area contributed by atoms with Crippen molar-refractivity contribution in [3.63, 3.8) is 0 Å². The molecular weight excluding hydrogens is 252 g/mol. The molecule has 0 atom stereocenters. The molecule has 0 fully saturated rings. The van der Waals surface area contributed by atoms with Gasteiger partial charge in [-0.05, 0) is 18.2 Å². The molecule has 0 aliphatic carbocycles. The number of nitrogens with zero attached hydrogens (tertiary/aromatic N) is 1. The molecule has 1 N–H and O–H groups in total. The number of sulfonamides is 1. The van der Waals surface area contributed by atoms with Gasteiger partial charge >= 0.3 is 0 Å². The van der Waals surface area contributed by atoms with Gasteiger partial charge in [-0.15, -0.1) is 4.40 Å². The van der Waals surface area contributed by atoms with E-state index in [0.717, 1.165) is 18.7 Å². The zero-order valence-electron chi connectivity index (χ0n) is 8.21. The monoisotopic (exact) mass is 260 g/mol. The number of rotatable bonds is 1. The molecule has 0 saturated carbocycles. The molecule has 0 radical (unpaired) electrons. The van der Waals surface area contributed by atoms with Gasteiger partial charge in [0, 0.05) is 6.26 Å². The van der Waals surface area contributed by atoms with Gasteiger partial charge in [-0.3, -0.25) is 0 Å². The minimum absolute atomic E-state index is 0.0475. The van der Waals surface area contributed by atoms with Crippen molar-refractivity contribution in [1.82, 2.24) is 0 Å². The Labute approximate surface area is 93.0 Å². The second-order valence-electron chi connectivity index (χ2n) is 3.28. The third kappa shape index (κ3) is 1.81. The Balaban J connectivity index is 2.74. The summed E-state index contributed by atoms with van der Waals surface area (Å²) in [4.78, 5) is -0.174. The molecule has 0 bridgehead atoms. The Kier molecular flexibility index (Phi) is 2.28. The van der Waals surface area contributed by atoms with E-state index in [1.54, 1.807) is 0 Å². The largest absolute Gasteiger partial charge is 0.345 e. The molecule has 0 amide bonds. The van der Waals surface area contributed by atoms with Crippen molar-refractivity contribution >= 4 is 31.9 Å². The molecule has 1 heterocycles. The van der Waals surface area contributed by atoms with Gasteiger partial charge in [0.25, 0.3) is 10.0 Å². The van der Waals surface area contributed by atoms with Gasteiger partial charge in [-0.2, -0.15) is 8.42 Å². The Morgan fingerprint density at radius 3 is 2.62 bits per heavy atom. The van der Waals surface area contributed by atoms with E-state index < -0.39 is 19.9 Å². The average Bonchev–Trinajstić information content (AvgIpc) is 2.15. The predicted molar refractivity (Wildman–Crippen MR) is 58.9 cm³/mol. The van der Waals surface area contributed by atoms with Crippen molar-refractivity contribution in [2.45, 2.75) is 9.79 Å². The normalized spacial score (nSPS) is 17.6. The van der Waals surface area contributed by atoms with Gasteiger partial charge in [0.1, 0.15) is 11.2 Å². The number of anilines is 1. The summed E-state index contributed by atoms with van der Waals surface area (Å²) >= 11 is 0. The Morgan fingerprint density at radius 1 is 1.31 bits per heavy atom. The van der Waals surface area contributed by atoms with Crippen LogP contribution in [-0.2, 0) is 19.9 Å². The van der Waals surface area contributed by atoms with Gasteiger partial charge in [0.05, 0.1) is 10.6 Å². The van der Waals surface area contributed by atoms with Gasteiger partial charge in [-0.1, -0.05) is 0 Å². The lowest BCUT2D eigenvalue weighted by Crippen LogP contribution is -2.12. The van der Waals surface area contributed by atoms with Gasteiger partial charge < -0.3 is 5.32 Å². The van der Waals surface area contributed by atoms with Crippen LogP contribution in [0.3, 0.4) is 0 Å². The smallest absolute Gasteiger partial charge is 0.285 e. The fraction of sp³-hybridized carbons (Fsp3) is 0.125. The standard InChI is InChI=1S/C8H8N2O4S2/c1-15(11,12)6-2-3-7-8(4-6)16(13,14)10-5-9-7/h2-5H,1H3,(H,9,10). The zero-order valence-corrected chi connectivity index (χ0v) is 9.84. The van der Waals surface area contributed by atoms with Crippen LogP contribution in [0.15, 0.2) is 32.4 Å². The molecule has 0 aromatic heterocycles. The average molecular weight is 260 g/mol. The summed E-state index contributed by atoms with van der Waals surface area (Å²) in [6.45, 7) is 0. The first-order valence-electron chi connectivity index (χ1n) is 4.20. The number of sulfone groups is 1. The molecule has 6 nitrogen and oxygen atoms in total. The van der Waals surface area contributed by atoms with Crippen LogP contribution >= 0.6 is 0 Å². The van der Waals surface area contributed by atoms with Crippen molar-refractivity contribution in [1.29, 1.82) is 0 Å². The summed E-state index contributed by atoms with van der Waals surface area (Å²) in [6.07, 6.45) is 2.07. The van der Waals surface area contributed by atoms with E-state index in [1.165, 1.54) is 12.1 Å². The molecule has 1 aliphatic rings. The highest BCUT2D eigenvalue weighted by Crippen LogP contribution is 2.28. The Morgan fingerprint density at radius 2 is 2.00 bits per heavy atom. The molecule has 2 rings (SSSR count). The van der Waals surface area contributed by atoms with Crippen LogP contribution in [0, 0.1) is 0 Å². The van der Waals surface area contributed by atoms with E-state index in [2.05, 4.69) is 9.71 Å². The van der Waals surface area contributed by atoms with Gasteiger partial charge in [0.2, 0.25) is 0 Å². The summed E-state index contributed by atoms with van der Waals surface area (Å²) in [7, 11) is -7.21. The molecule has 0 unspecified atom stereocenters. The first-order chi connectivity index (χ1) is 7.31. The first kappa shape index (κ1) is 11.1. The lowest BCUT2D eigenvalue weighted by molar-refractivity contribution is 0.597. The van der Waals surface area contributed by atoms with E-state index in [0.29, 0.717) is 5.69 Å². The lowest BCUT2D eigenvalue weighted by Gasteiger charge is -2.12. The molecule has 16 heavy (non-hydrogen) atoms. The maximum Gasteiger partial charge on any atom is 0.285 e. The highest BCUT2D eigenvalue weighted by molar-refractivity contribution is 7.91. The number of hydrogen-bond acceptors (Lipinski definition) is 5. The second-order valence-corrected chi connectivity index (χ2v) is 6.90. The minimum Gasteiger partial charge on any atom is -0.345 e.